The molecule has 0 aliphatic rings. The Morgan fingerprint density at radius 3 is 2.36 bits per heavy atom. The van der Waals surface area contributed by atoms with E-state index in [0.717, 1.165) is 16.7 Å². The summed E-state index contributed by atoms with van der Waals surface area (Å²) in [6.45, 7) is 0.437. The van der Waals surface area contributed by atoms with E-state index in [-0.39, 0.29) is 10.8 Å². The fourth-order valence-electron chi connectivity index (χ4n) is 2.28. The third-order valence-electron chi connectivity index (χ3n) is 3.42. The highest BCUT2D eigenvalue weighted by Crippen LogP contribution is 2.29. The van der Waals surface area contributed by atoms with Gasteiger partial charge in [0, 0.05) is 6.07 Å². The van der Waals surface area contributed by atoms with Crippen LogP contribution in [0.1, 0.15) is 5.56 Å². The molecule has 0 atom stereocenters. The van der Waals surface area contributed by atoms with Crippen molar-refractivity contribution in [2.75, 3.05) is 0 Å². The maximum absolute atomic E-state index is 9.43. The van der Waals surface area contributed by atoms with Crippen LogP contribution in [-0.2, 0) is 6.61 Å². The van der Waals surface area contributed by atoms with E-state index in [1.54, 1.807) is 12.1 Å². The second-order valence-corrected chi connectivity index (χ2v) is 5.33. The van der Waals surface area contributed by atoms with E-state index in [2.05, 4.69) is 18.2 Å². The molecule has 0 saturated heterocycles. The van der Waals surface area contributed by atoms with Crippen molar-refractivity contribution < 1.29 is 9.84 Å². The monoisotopic (exact) mass is 310 g/mol. The summed E-state index contributed by atoms with van der Waals surface area (Å²) in [5.41, 5.74) is 3.40. The van der Waals surface area contributed by atoms with Crippen LogP contribution in [0.4, 0.5) is 0 Å². The molecule has 1 N–H and O–H groups in total. The Hall–Kier alpha value is -2.45. The summed E-state index contributed by atoms with van der Waals surface area (Å²) in [4.78, 5) is 0. The summed E-state index contributed by atoms with van der Waals surface area (Å²) in [6, 6.07) is 23.2. The highest BCUT2D eigenvalue weighted by atomic mass is 35.5. The first-order valence-electron chi connectivity index (χ1n) is 6.99. The van der Waals surface area contributed by atoms with Crippen LogP contribution in [-0.4, -0.2) is 5.11 Å². The molecular weight excluding hydrogens is 296 g/mol. The second-order valence-electron chi connectivity index (χ2n) is 4.93. The van der Waals surface area contributed by atoms with Gasteiger partial charge in [-0.15, -0.1) is 0 Å². The number of benzene rings is 3. The molecule has 0 aliphatic heterocycles. The van der Waals surface area contributed by atoms with E-state index in [4.69, 9.17) is 16.3 Å². The van der Waals surface area contributed by atoms with Gasteiger partial charge >= 0.3 is 0 Å². The zero-order valence-electron chi connectivity index (χ0n) is 11.9. The Balaban J connectivity index is 1.82. The van der Waals surface area contributed by atoms with E-state index < -0.39 is 0 Å². The maximum atomic E-state index is 9.43. The van der Waals surface area contributed by atoms with Gasteiger partial charge in [0.1, 0.15) is 18.1 Å². The van der Waals surface area contributed by atoms with Gasteiger partial charge in [0.2, 0.25) is 0 Å². The van der Waals surface area contributed by atoms with Crippen molar-refractivity contribution in [3.05, 3.63) is 83.4 Å². The molecule has 110 valence electrons. The van der Waals surface area contributed by atoms with Gasteiger partial charge in [0.25, 0.3) is 0 Å². The smallest absolute Gasteiger partial charge is 0.134 e. The summed E-state index contributed by atoms with van der Waals surface area (Å²) < 4.78 is 5.79. The first-order valence-corrected chi connectivity index (χ1v) is 7.36. The Kier molecular flexibility index (Phi) is 4.31. The van der Waals surface area contributed by atoms with Crippen LogP contribution in [0.3, 0.4) is 0 Å². The SMILES string of the molecule is Oc1ccc(OCc2ccccc2-c2ccccc2)cc1Cl. The van der Waals surface area contributed by atoms with E-state index in [1.807, 2.05) is 36.4 Å². The lowest BCUT2D eigenvalue weighted by Gasteiger charge is -2.12. The van der Waals surface area contributed by atoms with Crippen LogP contribution in [0.5, 0.6) is 11.5 Å². The average molecular weight is 311 g/mol. The zero-order chi connectivity index (χ0) is 15.4. The molecule has 0 heterocycles. The van der Waals surface area contributed by atoms with Crippen LogP contribution < -0.4 is 4.74 Å². The van der Waals surface area contributed by atoms with Gasteiger partial charge in [-0.25, -0.2) is 0 Å². The Morgan fingerprint density at radius 2 is 1.59 bits per heavy atom. The number of hydrogen-bond donors (Lipinski definition) is 1. The van der Waals surface area contributed by atoms with Crippen LogP contribution in [0.2, 0.25) is 5.02 Å². The van der Waals surface area contributed by atoms with Gasteiger partial charge in [0.05, 0.1) is 5.02 Å². The second kappa shape index (κ2) is 6.54. The Labute approximate surface area is 134 Å². The molecule has 0 fully saturated rings. The summed E-state index contributed by atoms with van der Waals surface area (Å²) in [5.74, 6) is 0.685. The highest BCUT2D eigenvalue weighted by Gasteiger charge is 2.06. The van der Waals surface area contributed by atoms with Crippen molar-refractivity contribution in [2.45, 2.75) is 6.61 Å². The zero-order valence-corrected chi connectivity index (χ0v) is 12.6. The molecule has 0 radical (unpaired) electrons. The third kappa shape index (κ3) is 3.23. The predicted octanol–water partition coefficient (Wildman–Crippen LogP) is 5.29. The lowest BCUT2D eigenvalue weighted by Crippen LogP contribution is -1.97. The molecule has 22 heavy (non-hydrogen) atoms. The van der Waals surface area contributed by atoms with Gasteiger partial charge in [0.15, 0.2) is 0 Å². The normalized spacial score (nSPS) is 10.4. The van der Waals surface area contributed by atoms with Crippen molar-refractivity contribution >= 4 is 11.6 Å². The minimum absolute atomic E-state index is 0.0544. The summed E-state index contributed by atoms with van der Waals surface area (Å²) in [6.07, 6.45) is 0. The van der Waals surface area contributed by atoms with Crippen LogP contribution in [0, 0.1) is 0 Å². The highest BCUT2D eigenvalue weighted by molar-refractivity contribution is 6.32. The van der Waals surface area contributed by atoms with Crippen LogP contribution in [0.15, 0.2) is 72.8 Å². The molecular formula is C19H15ClO2. The quantitative estimate of drug-likeness (QED) is 0.709. The molecule has 0 unspecified atom stereocenters. The third-order valence-corrected chi connectivity index (χ3v) is 3.72. The lowest BCUT2D eigenvalue weighted by atomic mass is 10.0. The van der Waals surface area contributed by atoms with E-state index >= 15 is 0 Å². The van der Waals surface area contributed by atoms with Gasteiger partial charge in [-0.1, -0.05) is 66.2 Å². The van der Waals surface area contributed by atoms with Crippen molar-refractivity contribution in [3.63, 3.8) is 0 Å². The standard InChI is InChI=1S/C19H15ClO2/c20-18-12-16(10-11-19(18)21)22-13-15-8-4-5-9-17(15)14-6-2-1-3-7-14/h1-12,21H,13H2. The fourth-order valence-corrected chi connectivity index (χ4v) is 2.45. The fraction of sp³-hybridized carbons (Fsp3) is 0.0526. The van der Waals surface area contributed by atoms with E-state index in [1.165, 1.54) is 6.07 Å². The first kappa shape index (κ1) is 14.5. The first-order chi connectivity index (χ1) is 10.7. The maximum Gasteiger partial charge on any atom is 0.134 e. The molecule has 0 aliphatic carbocycles. The number of hydrogen-bond acceptors (Lipinski definition) is 2. The molecule has 3 heteroatoms. The molecule has 3 aromatic carbocycles. The number of phenols is 1. The molecule has 0 spiro atoms. The lowest BCUT2D eigenvalue weighted by molar-refractivity contribution is 0.306. The molecule has 0 bridgehead atoms. The van der Waals surface area contributed by atoms with Crippen molar-refractivity contribution in [1.29, 1.82) is 0 Å². The molecule has 2 nitrogen and oxygen atoms in total. The minimum Gasteiger partial charge on any atom is -0.506 e. The average Bonchev–Trinajstić information content (AvgIpc) is 2.57. The van der Waals surface area contributed by atoms with Gasteiger partial charge in [-0.05, 0) is 28.8 Å². The van der Waals surface area contributed by atoms with Gasteiger partial charge in [-0.3, -0.25) is 0 Å². The van der Waals surface area contributed by atoms with Gasteiger partial charge < -0.3 is 9.84 Å². The number of phenolic OH excluding ortho intramolecular Hbond substituents is 1. The largest absolute Gasteiger partial charge is 0.506 e. The van der Waals surface area contributed by atoms with Crippen molar-refractivity contribution in [1.82, 2.24) is 0 Å². The number of halogens is 1. The predicted molar refractivity (Wildman–Crippen MR) is 89.3 cm³/mol. The molecule has 0 aromatic heterocycles. The van der Waals surface area contributed by atoms with Crippen LogP contribution in [0.25, 0.3) is 11.1 Å². The summed E-state index contributed by atoms with van der Waals surface area (Å²) >= 11 is 5.89. The van der Waals surface area contributed by atoms with E-state index in [0.29, 0.717) is 12.4 Å². The minimum atomic E-state index is 0.0544. The van der Waals surface area contributed by atoms with Crippen molar-refractivity contribution in [3.8, 4) is 22.6 Å². The summed E-state index contributed by atoms with van der Waals surface area (Å²) in [7, 11) is 0. The number of aromatic hydroxyl groups is 1. The van der Waals surface area contributed by atoms with Crippen molar-refractivity contribution in [2.24, 2.45) is 0 Å². The Morgan fingerprint density at radius 1 is 0.864 bits per heavy atom. The van der Waals surface area contributed by atoms with Crippen LogP contribution >= 0.6 is 11.6 Å². The molecule has 0 saturated carbocycles. The molecule has 3 aromatic rings. The molecule has 3 rings (SSSR count). The molecule has 0 amide bonds. The topological polar surface area (TPSA) is 29.5 Å². The number of ether oxygens (including phenoxy) is 1. The summed E-state index contributed by atoms with van der Waals surface area (Å²) in [5, 5.41) is 9.72. The Bertz CT molecular complexity index is 769. The number of rotatable bonds is 4. The van der Waals surface area contributed by atoms with Gasteiger partial charge in [-0.2, -0.15) is 0 Å². The van der Waals surface area contributed by atoms with E-state index in [9.17, 15) is 5.11 Å².